The van der Waals surface area contributed by atoms with E-state index in [4.69, 9.17) is 11.6 Å². The van der Waals surface area contributed by atoms with Gasteiger partial charge in [-0.25, -0.2) is 8.42 Å². The van der Waals surface area contributed by atoms with Crippen LogP contribution in [0.5, 0.6) is 0 Å². The third-order valence-electron chi connectivity index (χ3n) is 5.08. The van der Waals surface area contributed by atoms with Crippen LogP contribution in [0, 0.1) is 10.1 Å². The van der Waals surface area contributed by atoms with Crippen molar-refractivity contribution in [1.29, 1.82) is 0 Å². The van der Waals surface area contributed by atoms with E-state index in [1.807, 2.05) is 0 Å². The lowest BCUT2D eigenvalue weighted by Crippen LogP contribution is -2.48. The molecule has 0 bridgehead atoms. The molecule has 0 unspecified atom stereocenters. The SMILES string of the molecule is O=[N+]([O-])c1cc(S(=O)(=O)N2CCC(N3CCCCC3)CC2)ccc1Cl. The number of nitrogens with zero attached hydrogens (tertiary/aromatic N) is 3. The molecule has 3 rings (SSSR count). The predicted octanol–water partition coefficient (Wildman–Crippen LogP) is 2.89. The van der Waals surface area contributed by atoms with Crippen LogP contribution in [0.4, 0.5) is 5.69 Å². The number of nitro benzene ring substituents is 1. The topological polar surface area (TPSA) is 83.8 Å². The van der Waals surface area contributed by atoms with Gasteiger partial charge in [0.05, 0.1) is 9.82 Å². The molecule has 0 spiro atoms. The summed E-state index contributed by atoms with van der Waals surface area (Å²) in [7, 11) is -3.74. The van der Waals surface area contributed by atoms with Crippen molar-refractivity contribution in [1.82, 2.24) is 9.21 Å². The van der Waals surface area contributed by atoms with Crippen molar-refractivity contribution < 1.29 is 13.3 Å². The van der Waals surface area contributed by atoms with Gasteiger partial charge < -0.3 is 4.90 Å². The maximum Gasteiger partial charge on any atom is 0.289 e. The van der Waals surface area contributed by atoms with E-state index in [0.717, 1.165) is 32.0 Å². The monoisotopic (exact) mass is 387 g/mol. The first-order valence-corrected chi connectivity index (χ1v) is 10.4. The number of nitro groups is 1. The Morgan fingerprint density at radius 2 is 1.72 bits per heavy atom. The number of halogens is 1. The molecule has 0 atom stereocenters. The molecular formula is C16H22ClN3O4S. The highest BCUT2D eigenvalue weighted by Gasteiger charge is 2.33. The summed E-state index contributed by atoms with van der Waals surface area (Å²) in [4.78, 5) is 12.7. The standard InChI is InChI=1S/C16H22ClN3O4S/c17-15-5-4-14(12-16(15)20(21)22)25(23,24)19-10-6-13(7-11-19)18-8-2-1-3-9-18/h4-5,12-13H,1-3,6-11H2. The van der Waals surface area contributed by atoms with Crippen LogP contribution < -0.4 is 0 Å². The number of hydrogen-bond donors (Lipinski definition) is 0. The Labute approximate surface area is 152 Å². The van der Waals surface area contributed by atoms with Crippen LogP contribution in [0.25, 0.3) is 0 Å². The van der Waals surface area contributed by atoms with E-state index in [0.29, 0.717) is 19.1 Å². The zero-order valence-corrected chi connectivity index (χ0v) is 15.5. The van der Waals surface area contributed by atoms with Crippen LogP contribution >= 0.6 is 11.6 Å². The molecular weight excluding hydrogens is 366 g/mol. The molecule has 2 aliphatic rings. The fraction of sp³-hybridized carbons (Fsp3) is 0.625. The molecule has 1 aromatic carbocycles. The molecule has 2 aliphatic heterocycles. The first kappa shape index (κ1) is 18.6. The van der Waals surface area contributed by atoms with Crippen molar-refractivity contribution in [2.75, 3.05) is 26.2 Å². The highest BCUT2D eigenvalue weighted by Crippen LogP contribution is 2.30. The summed E-state index contributed by atoms with van der Waals surface area (Å²) >= 11 is 5.78. The average Bonchev–Trinajstić information content (AvgIpc) is 2.62. The lowest BCUT2D eigenvalue weighted by Gasteiger charge is -2.39. The van der Waals surface area contributed by atoms with Gasteiger partial charge in [0.1, 0.15) is 5.02 Å². The Bertz CT molecular complexity index is 742. The molecule has 138 valence electrons. The fourth-order valence-electron chi connectivity index (χ4n) is 3.67. The second kappa shape index (κ2) is 7.57. The minimum Gasteiger partial charge on any atom is -0.300 e. The molecule has 2 saturated heterocycles. The van der Waals surface area contributed by atoms with Crippen LogP contribution in [0.15, 0.2) is 23.1 Å². The zero-order valence-electron chi connectivity index (χ0n) is 13.9. The van der Waals surface area contributed by atoms with Gasteiger partial charge in [0.2, 0.25) is 10.0 Å². The Kier molecular flexibility index (Phi) is 5.62. The number of sulfonamides is 1. The summed E-state index contributed by atoms with van der Waals surface area (Å²) in [6, 6.07) is 4.09. The highest BCUT2D eigenvalue weighted by atomic mass is 35.5. The molecule has 0 amide bonds. The summed E-state index contributed by atoms with van der Waals surface area (Å²) in [5.74, 6) is 0. The predicted molar refractivity (Wildman–Crippen MR) is 95.3 cm³/mol. The van der Waals surface area contributed by atoms with Crippen LogP contribution in [0.1, 0.15) is 32.1 Å². The molecule has 2 heterocycles. The second-order valence-corrected chi connectivity index (χ2v) is 8.95. The molecule has 25 heavy (non-hydrogen) atoms. The molecule has 7 nitrogen and oxygen atoms in total. The van der Waals surface area contributed by atoms with Gasteiger partial charge in [0.15, 0.2) is 0 Å². The molecule has 0 aromatic heterocycles. The van der Waals surface area contributed by atoms with E-state index in [2.05, 4.69) is 4.90 Å². The van der Waals surface area contributed by atoms with Gasteiger partial charge in [0, 0.05) is 25.2 Å². The Hall–Kier alpha value is -1.22. The normalized spacial score (nSPS) is 21.3. The quantitative estimate of drug-likeness (QED) is 0.585. The van der Waals surface area contributed by atoms with E-state index in [-0.39, 0.29) is 15.6 Å². The van der Waals surface area contributed by atoms with Gasteiger partial charge in [-0.15, -0.1) is 0 Å². The number of piperidine rings is 2. The molecule has 9 heteroatoms. The number of hydrogen-bond acceptors (Lipinski definition) is 5. The van der Waals surface area contributed by atoms with E-state index < -0.39 is 14.9 Å². The first-order chi connectivity index (χ1) is 11.9. The zero-order chi connectivity index (χ0) is 18.0. The second-order valence-electron chi connectivity index (χ2n) is 6.60. The molecule has 1 aromatic rings. The number of likely N-dealkylation sites (tertiary alicyclic amines) is 1. The summed E-state index contributed by atoms with van der Waals surface area (Å²) < 4.78 is 27.0. The van der Waals surface area contributed by atoms with Crippen molar-refractivity contribution in [3.05, 3.63) is 33.3 Å². The smallest absolute Gasteiger partial charge is 0.289 e. The van der Waals surface area contributed by atoms with Crippen molar-refractivity contribution in [2.24, 2.45) is 0 Å². The van der Waals surface area contributed by atoms with Crippen molar-refractivity contribution in [2.45, 2.75) is 43.0 Å². The van der Waals surface area contributed by atoms with E-state index in [1.54, 1.807) is 0 Å². The summed E-state index contributed by atoms with van der Waals surface area (Å²) in [5, 5.41) is 10.9. The third kappa shape index (κ3) is 3.97. The maximum absolute atomic E-state index is 12.8. The molecule has 0 radical (unpaired) electrons. The molecule has 0 aliphatic carbocycles. The summed E-state index contributed by atoms with van der Waals surface area (Å²) in [5.41, 5.74) is -0.383. The van der Waals surface area contributed by atoms with Gasteiger partial charge in [0.25, 0.3) is 5.69 Å². The van der Waals surface area contributed by atoms with Gasteiger partial charge >= 0.3 is 0 Å². The van der Waals surface area contributed by atoms with Gasteiger partial charge in [-0.3, -0.25) is 10.1 Å². The third-order valence-corrected chi connectivity index (χ3v) is 7.30. The van der Waals surface area contributed by atoms with Gasteiger partial charge in [-0.05, 0) is 50.9 Å². The van der Waals surface area contributed by atoms with Crippen LogP contribution in [-0.4, -0.2) is 54.8 Å². The molecule has 2 fully saturated rings. The lowest BCUT2D eigenvalue weighted by molar-refractivity contribution is -0.384. The Morgan fingerprint density at radius 1 is 1.08 bits per heavy atom. The van der Waals surface area contributed by atoms with Crippen molar-refractivity contribution in [3.8, 4) is 0 Å². The average molecular weight is 388 g/mol. The van der Waals surface area contributed by atoms with Crippen molar-refractivity contribution in [3.63, 3.8) is 0 Å². The first-order valence-electron chi connectivity index (χ1n) is 8.58. The van der Waals surface area contributed by atoms with Crippen molar-refractivity contribution >= 4 is 27.3 Å². The van der Waals surface area contributed by atoms with E-state index >= 15 is 0 Å². The maximum atomic E-state index is 12.8. The Morgan fingerprint density at radius 3 is 2.32 bits per heavy atom. The highest BCUT2D eigenvalue weighted by molar-refractivity contribution is 7.89. The lowest BCUT2D eigenvalue weighted by atomic mass is 10.0. The van der Waals surface area contributed by atoms with Gasteiger partial charge in [-0.2, -0.15) is 4.31 Å². The van der Waals surface area contributed by atoms with Gasteiger partial charge in [-0.1, -0.05) is 18.0 Å². The summed E-state index contributed by atoms with van der Waals surface area (Å²) in [6.45, 7) is 3.08. The Balaban J connectivity index is 1.71. The number of benzene rings is 1. The minimum absolute atomic E-state index is 0.0623. The fourth-order valence-corrected chi connectivity index (χ4v) is 5.35. The molecule has 0 saturated carbocycles. The van der Waals surface area contributed by atoms with Crippen LogP contribution in [0.2, 0.25) is 5.02 Å². The molecule has 0 N–H and O–H groups in total. The van der Waals surface area contributed by atoms with E-state index in [9.17, 15) is 18.5 Å². The summed E-state index contributed by atoms with van der Waals surface area (Å²) in [6.07, 6.45) is 5.31. The van der Waals surface area contributed by atoms with Crippen LogP contribution in [0.3, 0.4) is 0 Å². The van der Waals surface area contributed by atoms with E-state index in [1.165, 1.54) is 35.7 Å². The largest absolute Gasteiger partial charge is 0.300 e. The minimum atomic E-state index is -3.74. The number of rotatable bonds is 4. The van der Waals surface area contributed by atoms with Crippen LogP contribution in [-0.2, 0) is 10.0 Å².